The Morgan fingerprint density at radius 2 is 1.69 bits per heavy atom. The van der Waals surface area contributed by atoms with Gasteiger partial charge in [0.2, 0.25) is 0 Å². The minimum atomic E-state index is -1.78. The highest BCUT2D eigenvalue weighted by Crippen LogP contribution is 2.19. The van der Waals surface area contributed by atoms with E-state index in [1.54, 1.807) is 0 Å². The molecule has 1 aromatic rings. The molecule has 0 aliphatic heterocycles. The topological polar surface area (TPSA) is 44.0 Å². The van der Waals surface area contributed by atoms with Crippen LogP contribution in [0.5, 0.6) is 0 Å². The first-order chi connectivity index (χ1) is 6.06. The Morgan fingerprint density at radius 1 is 1.15 bits per heavy atom. The van der Waals surface area contributed by atoms with Crippen LogP contribution in [0.25, 0.3) is 0 Å². The third-order valence-electron chi connectivity index (χ3n) is 1.46. The van der Waals surface area contributed by atoms with E-state index in [0.29, 0.717) is 6.07 Å². The van der Waals surface area contributed by atoms with Crippen molar-refractivity contribution < 1.29 is 18.3 Å². The molecule has 0 bridgehead atoms. The summed E-state index contributed by atoms with van der Waals surface area (Å²) in [7, 11) is 0. The number of nitriles is 1. The van der Waals surface area contributed by atoms with E-state index in [1.165, 1.54) is 6.07 Å². The molecule has 2 nitrogen and oxygen atoms in total. The molecule has 0 saturated carbocycles. The van der Waals surface area contributed by atoms with E-state index in [9.17, 15) is 13.2 Å². The summed E-state index contributed by atoms with van der Waals surface area (Å²) in [6.45, 7) is 0. The molecule has 0 saturated heterocycles. The van der Waals surface area contributed by atoms with E-state index >= 15 is 0 Å². The molecule has 1 N–H and O–H groups in total. The van der Waals surface area contributed by atoms with E-state index in [1.807, 2.05) is 0 Å². The molecule has 0 spiro atoms. The van der Waals surface area contributed by atoms with Crippen LogP contribution in [0.2, 0.25) is 0 Å². The molecular formula is C8H4F3NO. The van der Waals surface area contributed by atoms with Gasteiger partial charge in [-0.3, -0.25) is 0 Å². The number of aliphatic hydroxyl groups excluding tert-OH is 1. The zero-order valence-electron chi connectivity index (χ0n) is 6.26. The van der Waals surface area contributed by atoms with Crippen molar-refractivity contribution in [2.24, 2.45) is 0 Å². The number of hydrogen-bond donors (Lipinski definition) is 1. The van der Waals surface area contributed by atoms with Gasteiger partial charge in [-0.25, -0.2) is 13.2 Å². The summed E-state index contributed by atoms with van der Waals surface area (Å²) in [6.07, 6.45) is -1.78. The smallest absolute Gasteiger partial charge is 0.168 e. The van der Waals surface area contributed by atoms with E-state index in [4.69, 9.17) is 10.4 Å². The quantitative estimate of drug-likeness (QED) is 0.536. The van der Waals surface area contributed by atoms with Gasteiger partial charge in [-0.05, 0) is 6.07 Å². The summed E-state index contributed by atoms with van der Waals surface area (Å²) >= 11 is 0. The van der Waals surface area contributed by atoms with Gasteiger partial charge in [0.1, 0.15) is 5.82 Å². The van der Waals surface area contributed by atoms with Crippen LogP contribution in [-0.4, -0.2) is 5.11 Å². The van der Waals surface area contributed by atoms with Crippen molar-refractivity contribution in [3.63, 3.8) is 0 Å². The summed E-state index contributed by atoms with van der Waals surface area (Å²) in [5.74, 6) is -3.80. The predicted octanol–water partition coefficient (Wildman–Crippen LogP) is 1.66. The molecule has 1 rings (SSSR count). The Hall–Kier alpha value is -1.54. The molecule has 0 aromatic heterocycles. The van der Waals surface area contributed by atoms with Crippen molar-refractivity contribution in [2.75, 3.05) is 0 Å². The Balaban J connectivity index is 3.25. The van der Waals surface area contributed by atoms with Crippen LogP contribution in [0.4, 0.5) is 13.2 Å². The zero-order chi connectivity index (χ0) is 10.0. The number of halogens is 3. The maximum atomic E-state index is 12.8. The first-order valence-corrected chi connectivity index (χ1v) is 3.28. The number of benzene rings is 1. The second kappa shape index (κ2) is 3.46. The van der Waals surface area contributed by atoms with Gasteiger partial charge in [0.05, 0.1) is 6.07 Å². The van der Waals surface area contributed by atoms with Gasteiger partial charge in [0.25, 0.3) is 0 Å². The standard InChI is InChI=1S/C8H4F3NO/c9-5-2-7(11)6(10)1-4(5)8(13)3-12/h1-2,8,13H. The summed E-state index contributed by atoms with van der Waals surface area (Å²) in [6, 6.07) is 2.04. The maximum absolute atomic E-state index is 12.8. The highest BCUT2D eigenvalue weighted by molar-refractivity contribution is 5.25. The average Bonchev–Trinajstić information content (AvgIpc) is 2.10. The van der Waals surface area contributed by atoms with Crippen LogP contribution in [-0.2, 0) is 0 Å². The van der Waals surface area contributed by atoms with Gasteiger partial charge >= 0.3 is 0 Å². The van der Waals surface area contributed by atoms with Gasteiger partial charge in [-0.1, -0.05) is 0 Å². The van der Waals surface area contributed by atoms with Gasteiger partial charge in [-0.2, -0.15) is 5.26 Å². The molecule has 0 aliphatic rings. The molecule has 1 atom stereocenters. The summed E-state index contributed by atoms with van der Waals surface area (Å²) in [5.41, 5.74) is -0.568. The van der Waals surface area contributed by atoms with Crippen molar-refractivity contribution in [3.8, 4) is 6.07 Å². The third-order valence-corrected chi connectivity index (χ3v) is 1.46. The number of hydrogen-bond acceptors (Lipinski definition) is 2. The first kappa shape index (κ1) is 9.55. The first-order valence-electron chi connectivity index (χ1n) is 3.28. The number of rotatable bonds is 1. The van der Waals surface area contributed by atoms with Crippen LogP contribution in [0.1, 0.15) is 11.7 Å². The fourth-order valence-electron chi connectivity index (χ4n) is 0.817. The lowest BCUT2D eigenvalue weighted by molar-refractivity contribution is 0.229. The highest BCUT2D eigenvalue weighted by atomic mass is 19.2. The molecule has 1 unspecified atom stereocenters. The highest BCUT2D eigenvalue weighted by Gasteiger charge is 2.15. The van der Waals surface area contributed by atoms with Crippen LogP contribution < -0.4 is 0 Å². The minimum absolute atomic E-state index is 0.283. The average molecular weight is 187 g/mol. The van der Waals surface area contributed by atoms with E-state index in [0.717, 1.165) is 0 Å². The lowest BCUT2D eigenvalue weighted by atomic mass is 10.1. The fourth-order valence-corrected chi connectivity index (χ4v) is 0.817. The molecule has 0 heterocycles. The molecular weight excluding hydrogens is 183 g/mol. The normalized spacial score (nSPS) is 12.2. The van der Waals surface area contributed by atoms with Crippen LogP contribution >= 0.6 is 0 Å². The second-order valence-corrected chi connectivity index (χ2v) is 2.32. The second-order valence-electron chi connectivity index (χ2n) is 2.32. The van der Waals surface area contributed by atoms with E-state index < -0.39 is 29.1 Å². The number of aliphatic hydroxyl groups is 1. The van der Waals surface area contributed by atoms with Crippen molar-refractivity contribution in [2.45, 2.75) is 6.10 Å². The summed E-state index contributed by atoms with van der Waals surface area (Å²) < 4.78 is 37.6. The van der Waals surface area contributed by atoms with Crippen LogP contribution in [0.15, 0.2) is 12.1 Å². The van der Waals surface area contributed by atoms with Crippen LogP contribution in [0.3, 0.4) is 0 Å². The maximum Gasteiger partial charge on any atom is 0.168 e. The van der Waals surface area contributed by atoms with Gasteiger partial charge < -0.3 is 5.11 Å². The van der Waals surface area contributed by atoms with Crippen molar-refractivity contribution >= 4 is 0 Å². The molecule has 0 aliphatic carbocycles. The van der Waals surface area contributed by atoms with Crippen molar-refractivity contribution in [1.82, 2.24) is 0 Å². The summed E-state index contributed by atoms with van der Waals surface area (Å²) in [4.78, 5) is 0. The SMILES string of the molecule is N#CC(O)c1cc(F)c(F)cc1F. The van der Waals surface area contributed by atoms with Gasteiger partial charge in [-0.15, -0.1) is 0 Å². The Labute approximate surface area is 71.8 Å². The van der Waals surface area contributed by atoms with Crippen LogP contribution in [0, 0.1) is 28.8 Å². The monoisotopic (exact) mass is 187 g/mol. The van der Waals surface area contributed by atoms with Gasteiger partial charge in [0, 0.05) is 11.6 Å². The van der Waals surface area contributed by atoms with Gasteiger partial charge in [0.15, 0.2) is 17.7 Å². The predicted molar refractivity (Wildman–Crippen MR) is 36.9 cm³/mol. The molecule has 13 heavy (non-hydrogen) atoms. The molecule has 0 amide bonds. The fraction of sp³-hybridized carbons (Fsp3) is 0.125. The zero-order valence-corrected chi connectivity index (χ0v) is 6.26. The molecule has 68 valence electrons. The lowest BCUT2D eigenvalue weighted by Crippen LogP contribution is -2.00. The van der Waals surface area contributed by atoms with E-state index in [-0.39, 0.29) is 6.07 Å². The minimum Gasteiger partial charge on any atom is -0.374 e. The number of nitrogens with zero attached hydrogens (tertiary/aromatic N) is 1. The third kappa shape index (κ3) is 1.79. The molecule has 0 fully saturated rings. The largest absolute Gasteiger partial charge is 0.374 e. The van der Waals surface area contributed by atoms with Crippen molar-refractivity contribution in [3.05, 3.63) is 35.1 Å². The lowest BCUT2D eigenvalue weighted by Gasteiger charge is -2.03. The Morgan fingerprint density at radius 3 is 2.23 bits per heavy atom. The van der Waals surface area contributed by atoms with Crippen molar-refractivity contribution in [1.29, 1.82) is 5.26 Å². The molecule has 0 radical (unpaired) electrons. The summed E-state index contributed by atoms with van der Waals surface area (Å²) in [5, 5.41) is 17.0. The molecule has 1 aromatic carbocycles. The Bertz CT molecular complexity index is 372. The Kier molecular flexibility index (Phi) is 2.54. The molecule has 5 heteroatoms. The van der Waals surface area contributed by atoms with E-state index in [2.05, 4.69) is 0 Å².